The molecule has 1 heterocycles. The number of aliphatic hydroxyl groups excluding tert-OH is 1. The summed E-state index contributed by atoms with van der Waals surface area (Å²) in [6.45, 7) is 1.17. The van der Waals surface area contributed by atoms with Crippen LogP contribution in [-0.2, 0) is 0 Å². The quantitative estimate of drug-likeness (QED) is 0.723. The second kappa shape index (κ2) is 6.68. The summed E-state index contributed by atoms with van der Waals surface area (Å²) in [6.07, 6.45) is 4.57. The lowest BCUT2D eigenvalue weighted by Crippen LogP contribution is -2.35. The zero-order chi connectivity index (χ0) is 13.7. The molecule has 1 aromatic rings. The molecule has 0 amide bonds. The first-order valence-corrected chi connectivity index (χ1v) is 6.86. The number of hydrogen-bond donors (Lipinski definition) is 3. The molecule has 3 rings (SSSR count). The van der Waals surface area contributed by atoms with Crippen LogP contribution in [0.2, 0.25) is 0 Å². The summed E-state index contributed by atoms with van der Waals surface area (Å²) < 4.78 is 0. The molecule has 0 bridgehead atoms. The molecule has 2 fully saturated rings. The van der Waals surface area contributed by atoms with Crippen molar-refractivity contribution in [1.82, 2.24) is 5.32 Å². The Balaban J connectivity index is 0.000000141. The summed E-state index contributed by atoms with van der Waals surface area (Å²) >= 11 is 0. The number of aliphatic hydroxyl groups is 1. The van der Waals surface area contributed by atoms with Crippen molar-refractivity contribution in [2.75, 3.05) is 6.54 Å². The van der Waals surface area contributed by atoms with Crippen molar-refractivity contribution in [2.24, 2.45) is 5.92 Å². The van der Waals surface area contributed by atoms with E-state index in [9.17, 15) is 9.90 Å². The largest absolute Gasteiger partial charge is 0.478 e. The van der Waals surface area contributed by atoms with Crippen LogP contribution < -0.4 is 5.32 Å². The second-order valence-electron chi connectivity index (χ2n) is 5.25. The Hall–Kier alpha value is -1.39. The number of carboxylic acids is 1. The molecule has 3 atom stereocenters. The first kappa shape index (κ1) is 14.0. The Morgan fingerprint density at radius 1 is 1.16 bits per heavy atom. The Kier molecular flexibility index (Phi) is 4.93. The van der Waals surface area contributed by atoms with Crippen LogP contribution in [0.25, 0.3) is 0 Å². The van der Waals surface area contributed by atoms with Crippen LogP contribution in [0, 0.1) is 5.92 Å². The van der Waals surface area contributed by atoms with Crippen molar-refractivity contribution in [3.63, 3.8) is 0 Å². The molecule has 0 aromatic heterocycles. The fourth-order valence-electron chi connectivity index (χ4n) is 2.84. The maximum Gasteiger partial charge on any atom is 0.335 e. The molecule has 1 aliphatic carbocycles. The third kappa shape index (κ3) is 4.04. The number of fused-ring (bicyclic) bond motifs is 1. The first-order valence-electron chi connectivity index (χ1n) is 6.86. The zero-order valence-corrected chi connectivity index (χ0v) is 11.0. The molecular weight excluding hydrogens is 242 g/mol. The lowest BCUT2D eigenvalue weighted by Gasteiger charge is -2.28. The van der Waals surface area contributed by atoms with E-state index < -0.39 is 5.97 Å². The number of rotatable bonds is 1. The lowest BCUT2D eigenvalue weighted by atomic mass is 9.84. The van der Waals surface area contributed by atoms with E-state index in [0.717, 1.165) is 18.8 Å². The number of benzene rings is 1. The van der Waals surface area contributed by atoms with Gasteiger partial charge in [-0.3, -0.25) is 0 Å². The Labute approximate surface area is 113 Å². The van der Waals surface area contributed by atoms with Gasteiger partial charge in [-0.1, -0.05) is 18.2 Å². The normalized spacial score (nSPS) is 29.0. The van der Waals surface area contributed by atoms with Gasteiger partial charge in [-0.25, -0.2) is 4.79 Å². The molecule has 1 saturated carbocycles. The average Bonchev–Trinajstić information content (AvgIpc) is 2.87. The van der Waals surface area contributed by atoms with Crippen molar-refractivity contribution < 1.29 is 15.0 Å². The minimum absolute atomic E-state index is 0.0214. The molecular formula is C15H21NO3. The molecule has 1 aromatic carbocycles. The van der Waals surface area contributed by atoms with Crippen molar-refractivity contribution in [2.45, 2.75) is 37.8 Å². The molecule has 3 N–H and O–H groups in total. The van der Waals surface area contributed by atoms with Gasteiger partial charge in [0.1, 0.15) is 0 Å². The number of hydrogen-bond acceptors (Lipinski definition) is 3. The monoisotopic (exact) mass is 263 g/mol. The Morgan fingerprint density at radius 2 is 1.89 bits per heavy atom. The topological polar surface area (TPSA) is 69.6 Å². The van der Waals surface area contributed by atoms with Crippen molar-refractivity contribution >= 4 is 5.97 Å². The highest BCUT2D eigenvalue weighted by Crippen LogP contribution is 2.30. The van der Waals surface area contributed by atoms with Crippen LogP contribution in [-0.4, -0.2) is 34.9 Å². The summed E-state index contributed by atoms with van der Waals surface area (Å²) in [5.41, 5.74) is 0.331. The van der Waals surface area contributed by atoms with E-state index in [1.807, 2.05) is 0 Å². The highest BCUT2D eigenvalue weighted by Gasteiger charge is 2.32. The van der Waals surface area contributed by atoms with Gasteiger partial charge >= 0.3 is 5.97 Å². The number of nitrogens with one attached hydrogen (secondary N) is 1. The van der Waals surface area contributed by atoms with Crippen LogP contribution in [0.15, 0.2) is 30.3 Å². The van der Waals surface area contributed by atoms with Gasteiger partial charge in [0.2, 0.25) is 0 Å². The molecule has 19 heavy (non-hydrogen) atoms. The molecule has 1 saturated heterocycles. The molecule has 1 aliphatic heterocycles. The van der Waals surface area contributed by atoms with Gasteiger partial charge in [0.05, 0.1) is 11.7 Å². The molecule has 4 heteroatoms. The maximum atomic E-state index is 10.2. The summed E-state index contributed by atoms with van der Waals surface area (Å²) in [6, 6.07) is 8.94. The number of aromatic carboxylic acids is 1. The van der Waals surface area contributed by atoms with Gasteiger partial charge in [0.15, 0.2) is 0 Å². The SMILES string of the molecule is O=C(O)c1ccccc1.OC1CCC2CCNC2C1. The minimum atomic E-state index is -0.879. The maximum absolute atomic E-state index is 10.2. The lowest BCUT2D eigenvalue weighted by molar-refractivity contribution is 0.0697. The van der Waals surface area contributed by atoms with E-state index in [0.29, 0.717) is 11.6 Å². The van der Waals surface area contributed by atoms with Crippen LogP contribution in [0.5, 0.6) is 0 Å². The standard InChI is InChI=1S/C8H15NO.C7H6O2/c10-7-2-1-6-3-4-9-8(6)5-7;8-7(9)6-4-2-1-3-5-6/h6-10H,1-5H2;1-5H,(H,8,9). The van der Waals surface area contributed by atoms with Gasteiger partial charge in [0.25, 0.3) is 0 Å². The zero-order valence-electron chi connectivity index (χ0n) is 11.0. The van der Waals surface area contributed by atoms with Crippen molar-refractivity contribution in [3.05, 3.63) is 35.9 Å². The average molecular weight is 263 g/mol. The van der Waals surface area contributed by atoms with Crippen LogP contribution in [0.3, 0.4) is 0 Å². The van der Waals surface area contributed by atoms with Gasteiger partial charge < -0.3 is 15.5 Å². The fourth-order valence-corrected chi connectivity index (χ4v) is 2.84. The molecule has 2 aliphatic rings. The third-order valence-corrected chi connectivity index (χ3v) is 3.91. The summed E-state index contributed by atoms with van der Waals surface area (Å²) in [5, 5.41) is 21.1. The predicted molar refractivity (Wildman–Crippen MR) is 73.2 cm³/mol. The predicted octanol–water partition coefficient (Wildman–Crippen LogP) is 1.89. The Morgan fingerprint density at radius 3 is 2.53 bits per heavy atom. The van der Waals surface area contributed by atoms with Crippen LogP contribution >= 0.6 is 0 Å². The van der Waals surface area contributed by atoms with Crippen LogP contribution in [0.1, 0.15) is 36.0 Å². The molecule has 0 radical (unpaired) electrons. The summed E-state index contributed by atoms with van der Waals surface area (Å²) in [5.74, 6) is -0.000926. The second-order valence-corrected chi connectivity index (χ2v) is 5.25. The van der Waals surface area contributed by atoms with E-state index in [-0.39, 0.29) is 6.10 Å². The van der Waals surface area contributed by atoms with Gasteiger partial charge in [-0.05, 0) is 50.3 Å². The van der Waals surface area contributed by atoms with Crippen molar-refractivity contribution in [1.29, 1.82) is 0 Å². The van der Waals surface area contributed by atoms with Gasteiger partial charge in [0, 0.05) is 6.04 Å². The molecule has 0 spiro atoms. The fraction of sp³-hybridized carbons (Fsp3) is 0.533. The van der Waals surface area contributed by atoms with Gasteiger partial charge in [-0.15, -0.1) is 0 Å². The summed E-state index contributed by atoms with van der Waals surface area (Å²) in [4.78, 5) is 10.2. The smallest absolute Gasteiger partial charge is 0.335 e. The molecule has 3 unspecified atom stereocenters. The van der Waals surface area contributed by atoms with Gasteiger partial charge in [-0.2, -0.15) is 0 Å². The number of carboxylic acid groups (broad SMARTS) is 1. The Bertz CT molecular complexity index is 407. The molecule has 104 valence electrons. The first-order chi connectivity index (χ1) is 9.16. The van der Waals surface area contributed by atoms with Crippen molar-refractivity contribution in [3.8, 4) is 0 Å². The van der Waals surface area contributed by atoms with E-state index in [4.69, 9.17) is 5.11 Å². The highest BCUT2D eigenvalue weighted by molar-refractivity contribution is 5.87. The molecule has 4 nitrogen and oxygen atoms in total. The van der Waals surface area contributed by atoms with E-state index >= 15 is 0 Å². The minimum Gasteiger partial charge on any atom is -0.478 e. The highest BCUT2D eigenvalue weighted by atomic mass is 16.4. The number of carbonyl (C=O) groups is 1. The van der Waals surface area contributed by atoms with E-state index in [2.05, 4.69) is 5.32 Å². The third-order valence-electron chi connectivity index (χ3n) is 3.91. The van der Waals surface area contributed by atoms with Crippen LogP contribution in [0.4, 0.5) is 0 Å². The van der Waals surface area contributed by atoms with E-state index in [1.165, 1.54) is 19.4 Å². The summed E-state index contributed by atoms with van der Waals surface area (Å²) in [7, 11) is 0. The van der Waals surface area contributed by atoms with E-state index in [1.54, 1.807) is 30.3 Å².